The number of carboxylic acids is 1. The lowest BCUT2D eigenvalue weighted by atomic mass is 9.90. The normalized spacial score (nSPS) is 16.6. The van der Waals surface area contributed by atoms with Crippen molar-refractivity contribution in [2.24, 2.45) is 17.6 Å². The molecule has 1 saturated carbocycles. The van der Waals surface area contributed by atoms with E-state index < -0.39 is 23.7 Å². The van der Waals surface area contributed by atoms with E-state index in [1.54, 1.807) is 0 Å². The van der Waals surface area contributed by atoms with Gasteiger partial charge in [0.1, 0.15) is 16.6 Å². The van der Waals surface area contributed by atoms with Gasteiger partial charge in [-0.3, -0.25) is 14.4 Å². The van der Waals surface area contributed by atoms with Gasteiger partial charge in [0.2, 0.25) is 5.91 Å². The van der Waals surface area contributed by atoms with Gasteiger partial charge in [-0.05, 0) is 18.8 Å². The lowest BCUT2D eigenvalue weighted by Crippen LogP contribution is -2.38. The van der Waals surface area contributed by atoms with Crippen LogP contribution in [-0.4, -0.2) is 27.9 Å². The van der Waals surface area contributed by atoms with Gasteiger partial charge in [0.25, 0.3) is 5.91 Å². The zero-order chi connectivity index (χ0) is 15.4. The van der Waals surface area contributed by atoms with Crippen molar-refractivity contribution in [2.45, 2.75) is 32.2 Å². The number of nitrogens with one attached hydrogen (secondary N) is 1. The van der Waals surface area contributed by atoms with E-state index in [1.165, 1.54) is 16.7 Å². The smallest absolute Gasteiger partial charge is 0.316 e. The van der Waals surface area contributed by atoms with Gasteiger partial charge in [0.05, 0.1) is 6.54 Å². The van der Waals surface area contributed by atoms with Gasteiger partial charge in [0.15, 0.2) is 0 Å². The molecule has 1 aromatic rings. The molecule has 7 nitrogen and oxygen atoms in total. The number of carboxylic acid groups (broad SMARTS) is 1. The molecule has 4 N–H and O–H groups in total. The molecule has 1 heterocycles. The van der Waals surface area contributed by atoms with Crippen LogP contribution in [0.25, 0.3) is 0 Å². The number of rotatable bonds is 6. The van der Waals surface area contributed by atoms with Gasteiger partial charge in [-0.2, -0.15) is 0 Å². The molecule has 0 aliphatic heterocycles. The molecule has 1 aliphatic rings. The van der Waals surface area contributed by atoms with Crippen molar-refractivity contribution in [3.8, 4) is 0 Å². The number of hydrogen-bond acceptors (Lipinski definition) is 5. The molecule has 0 radical (unpaired) electrons. The van der Waals surface area contributed by atoms with Crippen LogP contribution in [0.1, 0.15) is 41.2 Å². The fourth-order valence-electron chi connectivity index (χ4n) is 2.60. The van der Waals surface area contributed by atoms with Crippen LogP contribution in [0.4, 0.5) is 0 Å². The van der Waals surface area contributed by atoms with Crippen molar-refractivity contribution in [1.29, 1.82) is 0 Å². The van der Waals surface area contributed by atoms with E-state index in [0.29, 0.717) is 5.01 Å². The summed E-state index contributed by atoms with van der Waals surface area (Å²) in [5.74, 6) is -3.32. The third-order valence-electron chi connectivity index (χ3n) is 3.64. The first kappa shape index (κ1) is 15.4. The quantitative estimate of drug-likeness (QED) is 0.669. The Bertz CT molecular complexity index is 551. The largest absolute Gasteiger partial charge is 0.481 e. The van der Waals surface area contributed by atoms with Crippen LogP contribution in [-0.2, 0) is 16.1 Å². The van der Waals surface area contributed by atoms with E-state index >= 15 is 0 Å². The summed E-state index contributed by atoms with van der Waals surface area (Å²) >= 11 is 1.20. The number of nitrogens with zero attached hydrogens (tertiary/aromatic N) is 1. The molecule has 1 fully saturated rings. The van der Waals surface area contributed by atoms with Gasteiger partial charge in [-0.1, -0.05) is 12.8 Å². The Labute approximate surface area is 125 Å². The molecular weight excluding hydrogens is 294 g/mol. The molecule has 2 amide bonds. The third kappa shape index (κ3) is 3.78. The maximum absolute atomic E-state index is 12.1. The van der Waals surface area contributed by atoms with Crippen molar-refractivity contribution >= 4 is 29.1 Å². The maximum atomic E-state index is 12.1. The summed E-state index contributed by atoms with van der Waals surface area (Å²) in [6, 6.07) is 0. The van der Waals surface area contributed by atoms with E-state index in [-0.39, 0.29) is 18.2 Å². The zero-order valence-corrected chi connectivity index (χ0v) is 12.2. The molecule has 1 aliphatic carbocycles. The minimum absolute atomic E-state index is 0.0972. The van der Waals surface area contributed by atoms with Crippen molar-refractivity contribution in [3.63, 3.8) is 0 Å². The van der Waals surface area contributed by atoms with Gasteiger partial charge in [-0.25, -0.2) is 4.98 Å². The standard InChI is InChI=1S/C13H17N3O4S/c14-11(17)8-6-21-9(16-8)5-15-12(18)10(13(19)20)7-3-1-2-4-7/h6-7,10H,1-5H2,(H2,14,17)(H,15,18)(H,19,20). The third-order valence-corrected chi connectivity index (χ3v) is 4.49. The average Bonchev–Trinajstić information content (AvgIpc) is 3.07. The van der Waals surface area contributed by atoms with Gasteiger partial charge >= 0.3 is 5.97 Å². The highest BCUT2D eigenvalue weighted by atomic mass is 32.1. The van der Waals surface area contributed by atoms with E-state index in [1.807, 2.05) is 0 Å². The molecule has 21 heavy (non-hydrogen) atoms. The number of carbonyl (C=O) groups is 3. The fraction of sp³-hybridized carbons (Fsp3) is 0.538. The summed E-state index contributed by atoms with van der Waals surface area (Å²) in [7, 11) is 0. The van der Waals surface area contributed by atoms with Crippen molar-refractivity contribution in [3.05, 3.63) is 16.1 Å². The minimum Gasteiger partial charge on any atom is -0.481 e. The molecule has 8 heteroatoms. The molecule has 1 atom stereocenters. The first-order valence-electron chi connectivity index (χ1n) is 6.73. The summed E-state index contributed by atoms with van der Waals surface area (Å²) < 4.78 is 0. The van der Waals surface area contributed by atoms with Crippen LogP contribution in [0.5, 0.6) is 0 Å². The Kier molecular flexibility index (Phi) is 4.89. The lowest BCUT2D eigenvalue weighted by molar-refractivity contribution is -0.149. The number of hydrogen-bond donors (Lipinski definition) is 3. The number of thiazole rings is 1. The molecule has 1 unspecified atom stereocenters. The number of aromatic nitrogens is 1. The topological polar surface area (TPSA) is 122 Å². The molecule has 0 aromatic carbocycles. The van der Waals surface area contributed by atoms with Crippen LogP contribution in [0.15, 0.2) is 5.38 Å². The predicted molar refractivity (Wildman–Crippen MR) is 75.6 cm³/mol. The lowest BCUT2D eigenvalue weighted by Gasteiger charge is -2.18. The van der Waals surface area contributed by atoms with Crippen LogP contribution < -0.4 is 11.1 Å². The van der Waals surface area contributed by atoms with E-state index in [2.05, 4.69) is 10.3 Å². The number of amides is 2. The van der Waals surface area contributed by atoms with Crippen LogP contribution >= 0.6 is 11.3 Å². The summed E-state index contributed by atoms with van der Waals surface area (Å²) in [6.45, 7) is 0.104. The second kappa shape index (κ2) is 6.66. The first-order chi connectivity index (χ1) is 9.99. The van der Waals surface area contributed by atoms with E-state index in [9.17, 15) is 19.5 Å². The SMILES string of the molecule is NC(=O)c1csc(CNC(=O)C(C(=O)O)C2CCCC2)n1. The van der Waals surface area contributed by atoms with Crippen molar-refractivity contribution < 1.29 is 19.5 Å². The van der Waals surface area contributed by atoms with E-state index in [0.717, 1.165) is 25.7 Å². The first-order valence-corrected chi connectivity index (χ1v) is 7.61. The summed E-state index contributed by atoms with van der Waals surface area (Å²) in [4.78, 5) is 38.3. The molecule has 2 rings (SSSR count). The van der Waals surface area contributed by atoms with Gasteiger partial charge < -0.3 is 16.2 Å². The second-order valence-corrected chi connectivity index (χ2v) is 6.01. The Hall–Kier alpha value is -1.96. The summed E-state index contributed by atoms with van der Waals surface area (Å²) in [5, 5.41) is 13.9. The Balaban J connectivity index is 1.95. The Morgan fingerprint density at radius 3 is 2.62 bits per heavy atom. The van der Waals surface area contributed by atoms with E-state index in [4.69, 9.17) is 5.73 Å². The van der Waals surface area contributed by atoms with Crippen LogP contribution in [0, 0.1) is 11.8 Å². The highest BCUT2D eigenvalue weighted by molar-refractivity contribution is 7.09. The highest BCUT2D eigenvalue weighted by Gasteiger charge is 2.36. The Morgan fingerprint density at radius 2 is 2.10 bits per heavy atom. The minimum atomic E-state index is -1.09. The number of primary amides is 1. The van der Waals surface area contributed by atoms with Crippen LogP contribution in [0.3, 0.4) is 0 Å². The number of aliphatic carboxylic acids is 1. The molecule has 0 spiro atoms. The molecule has 1 aromatic heterocycles. The fourth-order valence-corrected chi connectivity index (χ4v) is 3.32. The Morgan fingerprint density at radius 1 is 1.43 bits per heavy atom. The number of nitrogens with two attached hydrogens (primary N) is 1. The average molecular weight is 311 g/mol. The van der Waals surface area contributed by atoms with Crippen molar-refractivity contribution in [1.82, 2.24) is 10.3 Å². The predicted octanol–water partition coefficient (Wildman–Crippen LogP) is 0.749. The highest BCUT2D eigenvalue weighted by Crippen LogP contribution is 2.31. The zero-order valence-electron chi connectivity index (χ0n) is 11.4. The molecule has 0 bridgehead atoms. The van der Waals surface area contributed by atoms with Gasteiger partial charge in [0, 0.05) is 5.38 Å². The van der Waals surface area contributed by atoms with Gasteiger partial charge in [-0.15, -0.1) is 11.3 Å². The molecule has 0 saturated heterocycles. The molecule has 114 valence electrons. The molecular formula is C13H17N3O4S. The maximum Gasteiger partial charge on any atom is 0.316 e. The summed E-state index contributed by atoms with van der Waals surface area (Å²) in [6.07, 6.45) is 3.48. The monoisotopic (exact) mass is 311 g/mol. The summed E-state index contributed by atoms with van der Waals surface area (Å²) in [5.41, 5.74) is 5.24. The van der Waals surface area contributed by atoms with Crippen molar-refractivity contribution in [2.75, 3.05) is 0 Å². The second-order valence-electron chi connectivity index (χ2n) is 5.07. The van der Waals surface area contributed by atoms with Crippen LogP contribution in [0.2, 0.25) is 0 Å². The number of carbonyl (C=O) groups excluding carboxylic acids is 2.